The van der Waals surface area contributed by atoms with Gasteiger partial charge in [0, 0.05) is 16.3 Å². The highest BCUT2D eigenvalue weighted by molar-refractivity contribution is 7.10. The molecular formula is C19H19N5OS. The zero-order valence-electron chi connectivity index (χ0n) is 14.8. The Hall–Kier alpha value is -2.93. The minimum absolute atomic E-state index is 0.136. The fraction of sp³-hybridized carbons (Fsp3) is 0.211. The highest BCUT2D eigenvalue weighted by Crippen LogP contribution is 2.37. The number of amides is 1. The van der Waals surface area contributed by atoms with Gasteiger partial charge in [0.25, 0.3) is 5.91 Å². The van der Waals surface area contributed by atoms with E-state index in [4.69, 9.17) is 0 Å². The number of aromatic nitrogens is 3. The van der Waals surface area contributed by atoms with Crippen LogP contribution in [0.15, 0.2) is 53.3 Å². The van der Waals surface area contributed by atoms with Crippen LogP contribution in [0, 0.1) is 13.8 Å². The molecule has 132 valence electrons. The van der Waals surface area contributed by atoms with Gasteiger partial charge in [0.05, 0.1) is 5.57 Å². The summed E-state index contributed by atoms with van der Waals surface area (Å²) < 4.78 is 1.76. The van der Waals surface area contributed by atoms with Crippen molar-refractivity contribution in [2.75, 3.05) is 10.6 Å². The van der Waals surface area contributed by atoms with Crippen molar-refractivity contribution in [3.8, 4) is 0 Å². The number of allylic oxidation sites excluding steroid dienone is 1. The summed E-state index contributed by atoms with van der Waals surface area (Å²) in [5.41, 5.74) is 4.46. The van der Waals surface area contributed by atoms with Crippen LogP contribution in [-0.4, -0.2) is 20.7 Å². The van der Waals surface area contributed by atoms with Crippen LogP contribution >= 0.6 is 11.3 Å². The zero-order chi connectivity index (χ0) is 18.3. The molecule has 0 radical (unpaired) electrons. The quantitative estimate of drug-likeness (QED) is 0.739. The van der Waals surface area contributed by atoms with Gasteiger partial charge in [-0.25, -0.2) is 4.68 Å². The summed E-state index contributed by atoms with van der Waals surface area (Å²) in [6.45, 7) is 5.95. The highest BCUT2D eigenvalue weighted by Gasteiger charge is 2.34. The predicted octanol–water partition coefficient (Wildman–Crippen LogP) is 3.88. The van der Waals surface area contributed by atoms with Gasteiger partial charge < -0.3 is 10.6 Å². The molecule has 1 atom stereocenters. The topological polar surface area (TPSA) is 71.8 Å². The lowest BCUT2D eigenvalue weighted by atomic mass is 10.00. The van der Waals surface area contributed by atoms with Gasteiger partial charge in [0.15, 0.2) is 0 Å². The van der Waals surface area contributed by atoms with E-state index in [9.17, 15) is 4.79 Å². The number of nitrogens with one attached hydrogen (secondary N) is 2. The molecule has 1 aliphatic heterocycles. The van der Waals surface area contributed by atoms with Crippen LogP contribution in [0.25, 0.3) is 0 Å². The first-order valence-electron chi connectivity index (χ1n) is 8.34. The molecule has 1 aliphatic rings. The van der Waals surface area contributed by atoms with Gasteiger partial charge >= 0.3 is 0 Å². The van der Waals surface area contributed by atoms with Crippen LogP contribution in [0.1, 0.15) is 29.0 Å². The number of anilines is 2. The van der Waals surface area contributed by atoms with Crippen LogP contribution in [0.4, 0.5) is 11.6 Å². The first kappa shape index (κ1) is 16.5. The van der Waals surface area contributed by atoms with Crippen LogP contribution in [0.3, 0.4) is 0 Å². The Morgan fingerprint density at radius 2 is 2.08 bits per heavy atom. The first-order valence-corrected chi connectivity index (χ1v) is 9.22. The Morgan fingerprint density at radius 1 is 1.23 bits per heavy atom. The summed E-state index contributed by atoms with van der Waals surface area (Å²) >= 11 is 1.60. The molecule has 3 aromatic rings. The van der Waals surface area contributed by atoms with E-state index in [0.717, 1.165) is 27.4 Å². The monoisotopic (exact) mass is 365 g/mol. The molecule has 7 heteroatoms. The summed E-state index contributed by atoms with van der Waals surface area (Å²) in [5, 5.41) is 12.6. The summed E-state index contributed by atoms with van der Waals surface area (Å²) in [4.78, 5) is 18.5. The lowest BCUT2D eigenvalue weighted by Gasteiger charge is -2.28. The summed E-state index contributed by atoms with van der Waals surface area (Å²) in [5.74, 6) is 0.507. The van der Waals surface area contributed by atoms with E-state index < -0.39 is 0 Å². The number of fused-ring (bicyclic) bond motifs is 1. The molecule has 2 N–H and O–H groups in total. The highest BCUT2D eigenvalue weighted by atomic mass is 32.1. The van der Waals surface area contributed by atoms with Gasteiger partial charge in [-0.1, -0.05) is 18.2 Å². The molecule has 0 fully saturated rings. The van der Waals surface area contributed by atoms with E-state index >= 15 is 0 Å². The van der Waals surface area contributed by atoms with E-state index in [0.29, 0.717) is 11.5 Å². The van der Waals surface area contributed by atoms with Gasteiger partial charge in [-0.05, 0) is 49.4 Å². The molecule has 1 unspecified atom stereocenters. The van der Waals surface area contributed by atoms with E-state index in [1.807, 2.05) is 56.5 Å². The molecule has 0 saturated heterocycles. The van der Waals surface area contributed by atoms with Crippen molar-refractivity contribution in [3.63, 3.8) is 0 Å². The predicted molar refractivity (Wildman–Crippen MR) is 103 cm³/mol. The molecule has 6 nitrogen and oxygen atoms in total. The molecule has 0 spiro atoms. The maximum atomic E-state index is 13.2. The Balaban J connectivity index is 1.75. The van der Waals surface area contributed by atoms with Crippen molar-refractivity contribution in [1.29, 1.82) is 0 Å². The van der Waals surface area contributed by atoms with Gasteiger partial charge in [-0.3, -0.25) is 4.79 Å². The largest absolute Gasteiger partial charge is 0.328 e. The first-order chi connectivity index (χ1) is 12.6. The molecular weight excluding hydrogens is 346 g/mol. The van der Waals surface area contributed by atoms with Crippen molar-refractivity contribution >= 4 is 28.9 Å². The third kappa shape index (κ3) is 2.70. The Bertz CT molecular complexity index is 1000. The average Bonchev–Trinajstić information content (AvgIpc) is 3.29. The molecule has 2 aromatic heterocycles. The molecule has 1 aromatic carbocycles. The fourth-order valence-corrected chi connectivity index (χ4v) is 3.99. The minimum atomic E-state index is -0.293. The number of nitrogens with zero attached hydrogens (tertiary/aromatic N) is 3. The molecule has 0 bridgehead atoms. The second-order valence-corrected chi connectivity index (χ2v) is 7.29. The van der Waals surface area contributed by atoms with Crippen LogP contribution < -0.4 is 10.6 Å². The minimum Gasteiger partial charge on any atom is -0.328 e. The number of rotatable bonds is 3. The summed E-state index contributed by atoms with van der Waals surface area (Å²) in [6.07, 6.45) is 1.50. The smallest absolute Gasteiger partial charge is 0.255 e. The fourth-order valence-electron chi connectivity index (χ4n) is 3.17. The number of thiophene rings is 1. The van der Waals surface area contributed by atoms with Crippen LogP contribution in [-0.2, 0) is 4.79 Å². The van der Waals surface area contributed by atoms with E-state index in [1.54, 1.807) is 16.0 Å². The Labute approximate surface area is 155 Å². The maximum absolute atomic E-state index is 13.2. The van der Waals surface area contributed by atoms with Gasteiger partial charge in [0.1, 0.15) is 12.4 Å². The molecule has 0 saturated carbocycles. The molecule has 4 rings (SSSR count). The van der Waals surface area contributed by atoms with E-state index in [-0.39, 0.29) is 11.9 Å². The number of hydrogen-bond donors (Lipinski definition) is 2. The maximum Gasteiger partial charge on any atom is 0.255 e. The lowest BCUT2D eigenvalue weighted by Crippen LogP contribution is -2.31. The van der Waals surface area contributed by atoms with Crippen molar-refractivity contribution in [3.05, 3.63) is 69.3 Å². The van der Waals surface area contributed by atoms with Gasteiger partial charge in [-0.15, -0.1) is 11.3 Å². The summed E-state index contributed by atoms with van der Waals surface area (Å²) in [6, 6.07) is 9.61. The number of aryl methyl sites for hydroxylation is 1. The third-order valence-electron chi connectivity index (χ3n) is 4.70. The number of benzene rings is 1. The lowest BCUT2D eigenvalue weighted by molar-refractivity contribution is -0.113. The zero-order valence-corrected chi connectivity index (χ0v) is 15.6. The van der Waals surface area contributed by atoms with Crippen molar-refractivity contribution < 1.29 is 4.79 Å². The molecule has 1 amide bonds. The normalized spacial score (nSPS) is 16.2. The summed E-state index contributed by atoms with van der Waals surface area (Å²) in [7, 11) is 0. The van der Waals surface area contributed by atoms with Crippen LogP contribution in [0.5, 0.6) is 0 Å². The van der Waals surface area contributed by atoms with Gasteiger partial charge in [-0.2, -0.15) is 10.1 Å². The third-order valence-corrected chi connectivity index (χ3v) is 5.63. The second-order valence-electron chi connectivity index (χ2n) is 6.31. The molecule has 26 heavy (non-hydrogen) atoms. The standard InChI is InChI=1S/C19H19N5OS/c1-11-6-4-7-14(12(11)2)23-18(25)16-13(3)22-19-20-10-21-24(19)17(16)15-8-5-9-26-15/h4-10,17H,1-3H3,(H,23,25)(H,20,21,22). The van der Waals surface area contributed by atoms with Crippen molar-refractivity contribution in [2.45, 2.75) is 26.8 Å². The number of hydrogen-bond acceptors (Lipinski definition) is 5. The van der Waals surface area contributed by atoms with Crippen molar-refractivity contribution in [1.82, 2.24) is 14.8 Å². The van der Waals surface area contributed by atoms with E-state index in [2.05, 4.69) is 20.7 Å². The Kier molecular flexibility index (Phi) is 4.08. The van der Waals surface area contributed by atoms with Crippen molar-refractivity contribution in [2.24, 2.45) is 0 Å². The van der Waals surface area contributed by atoms with E-state index in [1.165, 1.54) is 6.33 Å². The molecule has 3 heterocycles. The average molecular weight is 365 g/mol. The van der Waals surface area contributed by atoms with Crippen LogP contribution in [0.2, 0.25) is 0 Å². The SMILES string of the molecule is CC1=C(C(=O)Nc2cccc(C)c2C)C(c2cccs2)n2ncnc2N1. The van der Waals surface area contributed by atoms with Gasteiger partial charge in [0.2, 0.25) is 5.95 Å². The molecule has 0 aliphatic carbocycles. The number of carbonyl (C=O) groups is 1. The number of carbonyl (C=O) groups excluding carboxylic acids is 1. The second kappa shape index (κ2) is 6.42. The Morgan fingerprint density at radius 3 is 2.85 bits per heavy atom.